The summed E-state index contributed by atoms with van der Waals surface area (Å²) in [7, 11) is 0.420. The molecule has 1 aliphatic rings. The Morgan fingerprint density at radius 2 is 1.30 bits per heavy atom. The number of aromatic nitrogens is 1. The van der Waals surface area contributed by atoms with Gasteiger partial charge >= 0.3 is 7.48 Å². The first-order valence-corrected chi connectivity index (χ1v) is 17.7. The van der Waals surface area contributed by atoms with Gasteiger partial charge in [-0.25, -0.2) is 0 Å². The van der Waals surface area contributed by atoms with Crippen molar-refractivity contribution in [3.8, 4) is 22.4 Å². The lowest BCUT2D eigenvalue weighted by molar-refractivity contribution is -0.0893. The lowest BCUT2D eigenvalue weighted by Crippen LogP contribution is -2.49. The van der Waals surface area contributed by atoms with Crippen LogP contribution in [0.15, 0.2) is 60.8 Å². The van der Waals surface area contributed by atoms with E-state index in [-0.39, 0.29) is 5.41 Å². The van der Waals surface area contributed by atoms with Crippen LogP contribution in [0, 0.1) is 0 Å². The molecule has 0 unspecified atom stereocenters. The van der Waals surface area contributed by atoms with Gasteiger partial charge in [0.1, 0.15) is 0 Å². The van der Waals surface area contributed by atoms with Crippen molar-refractivity contribution in [1.29, 1.82) is 0 Å². The Morgan fingerprint density at radius 1 is 0.705 bits per heavy atom. The smallest absolute Gasteiger partial charge is 0.311 e. The van der Waals surface area contributed by atoms with E-state index >= 15 is 0 Å². The van der Waals surface area contributed by atoms with Crippen LogP contribution in [0.25, 0.3) is 22.4 Å². The van der Waals surface area contributed by atoms with Crippen LogP contribution >= 0.6 is 0 Å². The van der Waals surface area contributed by atoms with Gasteiger partial charge in [0, 0.05) is 17.2 Å². The Labute approximate surface area is 269 Å². The SMILES string of the molecule is CCCCCCCCC1(CCCCCCCC)c2ccccc2-c2ccc(-c3ccc(BOC(C)(C)C(C)(C)O)cn3)cc21. The molecule has 0 bridgehead atoms. The molecule has 0 saturated carbocycles. The monoisotopic (exact) mass is 595 g/mol. The summed E-state index contributed by atoms with van der Waals surface area (Å²) in [5.41, 5.74) is 7.60. The molecule has 0 amide bonds. The van der Waals surface area contributed by atoms with Crippen molar-refractivity contribution in [2.45, 2.75) is 148 Å². The van der Waals surface area contributed by atoms with Crippen LogP contribution in [-0.2, 0) is 10.1 Å². The number of pyridine rings is 1. The average Bonchev–Trinajstić information content (AvgIpc) is 3.28. The Kier molecular flexibility index (Phi) is 12.3. The van der Waals surface area contributed by atoms with Gasteiger partial charge in [0.2, 0.25) is 0 Å². The third-order valence-corrected chi connectivity index (χ3v) is 10.4. The van der Waals surface area contributed by atoms with Gasteiger partial charge in [0.05, 0.1) is 16.9 Å². The molecule has 2 aromatic carbocycles. The van der Waals surface area contributed by atoms with Gasteiger partial charge in [0.15, 0.2) is 0 Å². The van der Waals surface area contributed by atoms with Gasteiger partial charge in [-0.05, 0) is 80.4 Å². The summed E-state index contributed by atoms with van der Waals surface area (Å²) in [6, 6.07) is 20.6. The third kappa shape index (κ3) is 8.23. The number of rotatable bonds is 19. The minimum atomic E-state index is -0.931. The van der Waals surface area contributed by atoms with E-state index < -0.39 is 11.2 Å². The number of unbranched alkanes of at least 4 members (excludes halogenated alkanes) is 10. The van der Waals surface area contributed by atoms with Crippen molar-refractivity contribution in [3.63, 3.8) is 0 Å². The van der Waals surface area contributed by atoms with Gasteiger partial charge in [-0.2, -0.15) is 0 Å². The molecule has 44 heavy (non-hydrogen) atoms. The molecule has 0 radical (unpaired) electrons. The Bertz CT molecular complexity index is 1290. The highest BCUT2D eigenvalue weighted by Gasteiger charge is 2.42. The van der Waals surface area contributed by atoms with E-state index in [2.05, 4.69) is 68.4 Å². The quantitative estimate of drug-likeness (QED) is 0.111. The summed E-state index contributed by atoms with van der Waals surface area (Å²) in [6.45, 7) is 12.0. The third-order valence-electron chi connectivity index (χ3n) is 10.4. The van der Waals surface area contributed by atoms with Crippen LogP contribution in [0.5, 0.6) is 0 Å². The van der Waals surface area contributed by atoms with Crippen molar-refractivity contribution in [2.75, 3.05) is 0 Å². The second kappa shape index (κ2) is 15.7. The molecular formula is C40H58BNO2. The van der Waals surface area contributed by atoms with E-state index in [4.69, 9.17) is 9.64 Å². The standard InChI is InChI=1S/C40H58BNO2/c1-7-9-11-13-15-19-27-40(28-20-16-14-12-10-8-2)35-22-18-17-21-33(35)34-25-23-31(29-36(34)40)37-26-24-32(30-42-37)41-44-39(5,6)38(3,4)43/h17-18,21-26,29-30,41,43H,7-16,19-20,27-28H2,1-6H3. The first-order chi connectivity index (χ1) is 21.1. The summed E-state index contributed by atoms with van der Waals surface area (Å²) >= 11 is 0. The van der Waals surface area contributed by atoms with Gasteiger partial charge in [-0.15, -0.1) is 0 Å². The molecule has 0 aliphatic heterocycles. The van der Waals surface area contributed by atoms with Gasteiger partial charge < -0.3 is 9.76 Å². The number of aliphatic hydroxyl groups is 1. The fraction of sp³-hybridized carbons (Fsp3) is 0.575. The maximum absolute atomic E-state index is 10.5. The maximum atomic E-state index is 10.5. The van der Waals surface area contributed by atoms with E-state index in [9.17, 15) is 5.11 Å². The molecular weight excluding hydrogens is 537 g/mol. The number of hydrogen-bond acceptors (Lipinski definition) is 3. The summed E-state index contributed by atoms with van der Waals surface area (Å²) in [6.07, 6.45) is 20.3. The fourth-order valence-corrected chi connectivity index (χ4v) is 6.81. The van der Waals surface area contributed by atoms with Gasteiger partial charge in [0.25, 0.3) is 0 Å². The van der Waals surface area contributed by atoms with Crippen molar-refractivity contribution >= 4 is 12.9 Å². The van der Waals surface area contributed by atoms with Crippen molar-refractivity contribution in [2.24, 2.45) is 0 Å². The van der Waals surface area contributed by atoms with Crippen LogP contribution in [0.2, 0.25) is 0 Å². The summed E-state index contributed by atoms with van der Waals surface area (Å²) in [5, 5.41) is 10.5. The van der Waals surface area contributed by atoms with Crippen LogP contribution < -0.4 is 5.46 Å². The summed E-state index contributed by atoms with van der Waals surface area (Å²) in [5.74, 6) is 0. The zero-order valence-electron chi connectivity index (χ0n) is 28.7. The number of hydrogen-bond donors (Lipinski definition) is 1. The van der Waals surface area contributed by atoms with E-state index in [0.717, 1.165) is 11.2 Å². The second-order valence-corrected chi connectivity index (χ2v) is 14.3. The minimum Gasteiger partial charge on any atom is -0.427 e. The van der Waals surface area contributed by atoms with Gasteiger partial charge in [-0.1, -0.05) is 133 Å². The maximum Gasteiger partial charge on any atom is 0.311 e. The van der Waals surface area contributed by atoms with Crippen LogP contribution in [0.3, 0.4) is 0 Å². The van der Waals surface area contributed by atoms with Crippen LogP contribution in [0.1, 0.15) is 143 Å². The van der Waals surface area contributed by atoms with E-state index in [1.54, 1.807) is 19.4 Å². The molecule has 4 rings (SSSR count). The predicted octanol–water partition coefficient (Wildman–Crippen LogP) is 10.1. The Morgan fingerprint density at radius 3 is 1.89 bits per heavy atom. The van der Waals surface area contributed by atoms with Crippen molar-refractivity contribution < 1.29 is 9.76 Å². The molecule has 3 nitrogen and oxygen atoms in total. The van der Waals surface area contributed by atoms with Crippen LogP contribution in [-0.4, -0.2) is 28.8 Å². The molecule has 1 N–H and O–H groups in total. The molecule has 0 spiro atoms. The molecule has 4 heteroatoms. The van der Waals surface area contributed by atoms with Crippen LogP contribution in [0.4, 0.5) is 0 Å². The fourth-order valence-electron chi connectivity index (χ4n) is 6.81. The van der Waals surface area contributed by atoms with Gasteiger partial charge in [-0.3, -0.25) is 4.98 Å². The highest BCUT2D eigenvalue weighted by Crippen LogP contribution is 2.54. The topological polar surface area (TPSA) is 42.4 Å². The molecule has 0 fully saturated rings. The van der Waals surface area contributed by atoms with E-state index in [0.29, 0.717) is 7.48 Å². The minimum absolute atomic E-state index is 0.0773. The highest BCUT2D eigenvalue weighted by atomic mass is 16.5. The zero-order valence-corrected chi connectivity index (χ0v) is 28.7. The lowest BCUT2D eigenvalue weighted by Gasteiger charge is -2.37. The number of benzene rings is 2. The summed E-state index contributed by atoms with van der Waals surface area (Å²) in [4.78, 5) is 4.90. The zero-order chi connectivity index (χ0) is 31.6. The Hall–Kier alpha value is -2.43. The first kappa shape index (κ1) is 34.4. The van der Waals surface area contributed by atoms with Crippen molar-refractivity contribution in [3.05, 3.63) is 71.9 Å². The largest absolute Gasteiger partial charge is 0.427 e. The molecule has 1 heterocycles. The average molecular weight is 596 g/mol. The van der Waals surface area contributed by atoms with E-state index in [1.807, 2.05) is 20.0 Å². The van der Waals surface area contributed by atoms with Crippen molar-refractivity contribution in [1.82, 2.24) is 4.98 Å². The molecule has 238 valence electrons. The predicted molar refractivity (Wildman–Crippen MR) is 190 cm³/mol. The highest BCUT2D eigenvalue weighted by molar-refractivity contribution is 6.46. The lowest BCUT2D eigenvalue weighted by atomic mass is 9.70. The number of fused-ring (bicyclic) bond motifs is 3. The first-order valence-electron chi connectivity index (χ1n) is 17.7. The summed E-state index contributed by atoms with van der Waals surface area (Å²) < 4.78 is 6.10. The molecule has 1 aromatic heterocycles. The molecule has 3 aromatic rings. The molecule has 0 saturated heterocycles. The molecule has 1 aliphatic carbocycles. The second-order valence-electron chi connectivity index (χ2n) is 14.3. The normalized spacial score (nSPS) is 14.0. The molecule has 0 atom stereocenters. The number of nitrogens with zero attached hydrogens (tertiary/aromatic N) is 1. The Balaban J connectivity index is 1.60. The van der Waals surface area contributed by atoms with E-state index in [1.165, 1.54) is 112 Å².